The molecule has 6 nitrogen and oxygen atoms in total. The minimum Gasteiger partial charge on any atom is -0.492 e. The molecule has 1 aliphatic heterocycles. The van der Waals surface area contributed by atoms with Gasteiger partial charge in [-0.2, -0.15) is 0 Å². The summed E-state index contributed by atoms with van der Waals surface area (Å²) in [5, 5.41) is 12.2. The lowest BCUT2D eigenvalue weighted by Gasteiger charge is -2.14. The van der Waals surface area contributed by atoms with Crippen LogP contribution in [0.15, 0.2) is 34.8 Å². The number of aliphatic hydroxyl groups is 1. The summed E-state index contributed by atoms with van der Waals surface area (Å²) in [6.45, 7) is 4.03. The fraction of sp³-hybridized carbons (Fsp3) is 0.350. The van der Waals surface area contributed by atoms with Gasteiger partial charge in [0.05, 0.1) is 18.9 Å². The zero-order chi connectivity index (χ0) is 19.4. The Morgan fingerprint density at radius 2 is 2.11 bits per heavy atom. The van der Waals surface area contributed by atoms with Crippen molar-refractivity contribution in [3.8, 4) is 17.2 Å². The summed E-state index contributed by atoms with van der Waals surface area (Å²) in [5.74, 6) is 1.51. The van der Waals surface area contributed by atoms with Gasteiger partial charge in [-0.15, -0.1) is 0 Å². The predicted octanol–water partition coefficient (Wildman–Crippen LogP) is 3.68. The first kappa shape index (κ1) is 19.5. The van der Waals surface area contributed by atoms with Gasteiger partial charge >= 0.3 is 0 Å². The molecule has 0 bridgehead atoms. The third-order valence-electron chi connectivity index (χ3n) is 4.12. The van der Waals surface area contributed by atoms with E-state index in [0.717, 1.165) is 22.2 Å². The average molecular weight is 436 g/mol. The molecule has 1 amide bonds. The summed E-state index contributed by atoms with van der Waals surface area (Å²) >= 11 is 3.34. The highest BCUT2D eigenvalue weighted by molar-refractivity contribution is 9.10. The molecule has 0 saturated heterocycles. The Bertz CT molecular complexity index is 839. The number of benzene rings is 2. The fourth-order valence-electron chi connectivity index (χ4n) is 2.95. The van der Waals surface area contributed by atoms with Crippen molar-refractivity contribution in [3.05, 3.63) is 45.9 Å². The van der Waals surface area contributed by atoms with E-state index in [0.29, 0.717) is 29.4 Å². The molecule has 2 aromatic rings. The Balaban J connectivity index is 1.70. The molecular formula is C20H22BrNO5. The van der Waals surface area contributed by atoms with Crippen LogP contribution in [-0.4, -0.2) is 30.3 Å². The second-order valence-electron chi connectivity index (χ2n) is 6.27. The summed E-state index contributed by atoms with van der Waals surface area (Å²) in [5.41, 5.74) is 2.23. The maximum Gasteiger partial charge on any atom is 0.262 e. The van der Waals surface area contributed by atoms with Crippen LogP contribution in [0.25, 0.3) is 0 Å². The lowest BCUT2D eigenvalue weighted by Crippen LogP contribution is -2.21. The lowest BCUT2D eigenvalue weighted by molar-refractivity contribution is -0.118. The standard InChI is InChI=1S/C20H22BrNO5/c1-3-25-19-8-13-6-12(2)27-18(13)9-16(19)22-20(24)11-26-17-5-4-15(21)7-14(17)10-23/h4-5,7-9,12,23H,3,6,10-11H2,1-2H3,(H,22,24)/t12-/m0/s1. The highest BCUT2D eigenvalue weighted by Crippen LogP contribution is 2.38. The van der Waals surface area contributed by atoms with Gasteiger partial charge in [0.15, 0.2) is 6.61 Å². The van der Waals surface area contributed by atoms with E-state index in [-0.39, 0.29) is 25.2 Å². The lowest BCUT2D eigenvalue weighted by atomic mass is 10.1. The number of aliphatic hydroxyl groups excluding tert-OH is 1. The van der Waals surface area contributed by atoms with Crippen molar-refractivity contribution in [1.82, 2.24) is 0 Å². The van der Waals surface area contributed by atoms with Crippen molar-refractivity contribution >= 4 is 27.5 Å². The van der Waals surface area contributed by atoms with Crippen molar-refractivity contribution in [1.29, 1.82) is 0 Å². The third-order valence-corrected chi connectivity index (χ3v) is 4.62. The number of anilines is 1. The number of fused-ring (bicyclic) bond motifs is 1. The van der Waals surface area contributed by atoms with E-state index in [2.05, 4.69) is 21.2 Å². The van der Waals surface area contributed by atoms with Gasteiger partial charge in [0.1, 0.15) is 23.4 Å². The average Bonchev–Trinajstić information content (AvgIpc) is 2.99. The van der Waals surface area contributed by atoms with Crippen LogP contribution in [0.1, 0.15) is 25.0 Å². The van der Waals surface area contributed by atoms with Crippen molar-refractivity contribution < 1.29 is 24.1 Å². The van der Waals surface area contributed by atoms with E-state index in [9.17, 15) is 9.90 Å². The van der Waals surface area contributed by atoms with Gasteiger partial charge in [-0.1, -0.05) is 15.9 Å². The first-order valence-corrected chi connectivity index (χ1v) is 9.57. The minimum absolute atomic E-state index is 0.109. The van der Waals surface area contributed by atoms with Crippen LogP contribution in [0.5, 0.6) is 17.2 Å². The Labute approximate surface area is 166 Å². The highest BCUT2D eigenvalue weighted by Gasteiger charge is 2.22. The zero-order valence-electron chi connectivity index (χ0n) is 15.3. The molecule has 1 atom stereocenters. The van der Waals surface area contributed by atoms with Crippen LogP contribution in [0.3, 0.4) is 0 Å². The molecule has 0 unspecified atom stereocenters. The molecule has 0 aliphatic carbocycles. The van der Waals surface area contributed by atoms with Gasteiger partial charge in [0, 0.05) is 28.1 Å². The van der Waals surface area contributed by atoms with Crippen LogP contribution < -0.4 is 19.5 Å². The van der Waals surface area contributed by atoms with Crippen LogP contribution in [0, 0.1) is 0 Å². The van der Waals surface area contributed by atoms with E-state index in [1.54, 1.807) is 24.3 Å². The SMILES string of the molecule is CCOc1cc2c(cc1NC(=O)COc1ccc(Br)cc1CO)O[C@@H](C)C2. The van der Waals surface area contributed by atoms with Gasteiger partial charge < -0.3 is 24.6 Å². The van der Waals surface area contributed by atoms with Crippen LogP contribution in [-0.2, 0) is 17.8 Å². The first-order valence-electron chi connectivity index (χ1n) is 8.78. The van der Waals surface area contributed by atoms with Crippen molar-refractivity contribution in [2.24, 2.45) is 0 Å². The summed E-state index contributed by atoms with van der Waals surface area (Å²) in [7, 11) is 0. The van der Waals surface area contributed by atoms with E-state index < -0.39 is 0 Å². The number of hydrogen-bond acceptors (Lipinski definition) is 5. The van der Waals surface area contributed by atoms with Crippen LogP contribution in [0.2, 0.25) is 0 Å². The summed E-state index contributed by atoms with van der Waals surface area (Å²) in [4.78, 5) is 12.4. The van der Waals surface area contributed by atoms with Gasteiger partial charge in [0.2, 0.25) is 0 Å². The number of ether oxygens (including phenoxy) is 3. The topological polar surface area (TPSA) is 77.0 Å². The Kier molecular flexibility index (Phi) is 6.23. The van der Waals surface area contributed by atoms with E-state index in [1.807, 2.05) is 19.9 Å². The number of nitrogens with one attached hydrogen (secondary N) is 1. The van der Waals surface area contributed by atoms with Crippen molar-refractivity contribution in [2.45, 2.75) is 33.0 Å². The molecule has 2 aromatic carbocycles. The molecule has 1 aliphatic rings. The summed E-state index contributed by atoms with van der Waals surface area (Å²) in [6, 6.07) is 8.95. The van der Waals surface area contributed by atoms with Crippen LogP contribution in [0.4, 0.5) is 5.69 Å². The quantitative estimate of drug-likeness (QED) is 0.693. The Morgan fingerprint density at radius 1 is 1.30 bits per heavy atom. The second-order valence-corrected chi connectivity index (χ2v) is 7.18. The molecule has 1 heterocycles. The van der Waals surface area contributed by atoms with Gasteiger partial charge in [-0.05, 0) is 38.1 Å². The van der Waals surface area contributed by atoms with Gasteiger partial charge in [-0.25, -0.2) is 0 Å². The monoisotopic (exact) mass is 435 g/mol. The Hall–Kier alpha value is -2.25. The highest BCUT2D eigenvalue weighted by atomic mass is 79.9. The largest absolute Gasteiger partial charge is 0.492 e. The van der Waals surface area contributed by atoms with Crippen LogP contribution >= 0.6 is 15.9 Å². The molecule has 7 heteroatoms. The zero-order valence-corrected chi connectivity index (χ0v) is 16.8. The molecular weight excluding hydrogens is 414 g/mol. The molecule has 0 saturated carbocycles. The molecule has 3 rings (SSSR count). The maximum absolute atomic E-state index is 12.4. The second kappa shape index (κ2) is 8.63. The molecule has 0 fully saturated rings. The molecule has 0 aromatic heterocycles. The Morgan fingerprint density at radius 3 is 2.85 bits per heavy atom. The molecule has 0 radical (unpaired) electrons. The first-order chi connectivity index (χ1) is 13.0. The molecule has 27 heavy (non-hydrogen) atoms. The van der Waals surface area contributed by atoms with Gasteiger partial charge in [-0.3, -0.25) is 4.79 Å². The van der Waals surface area contributed by atoms with E-state index >= 15 is 0 Å². The smallest absolute Gasteiger partial charge is 0.262 e. The third kappa shape index (κ3) is 4.73. The predicted molar refractivity (Wildman–Crippen MR) is 106 cm³/mol. The number of halogens is 1. The molecule has 0 spiro atoms. The molecule has 2 N–H and O–H groups in total. The number of amides is 1. The fourth-order valence-corrected chi connectivity index (χ4v) is 3.36. The molecule has 144 valence electrons. The normalized spacial score (nSPS) is 15.0. The minimum atomic E-state index is -0.325. The maximum atomic E-state index is 12.4. The number of hydrogen-bond donors (Lipinski definition) is 2. The number of carbonyl (C=O) groups is 1. The number of rotatable bonds is 7. The summed E-state index contributed by atoms with van der Waals surface area (Å²) in [6.07, 6.45) is 0.929. The van der Waals surface area contributed by atoms with Crippen molar-refractivity contribution in [3.63, 3.8) is 0 Å². The van der Waals surface area contributed by atoms with Crippen molar-refractivity contribution in [2.75, 3.05) is 18.5 Å². The van der Waals surface area contributed by atoms with Gasteiger partial charge in [0.25, 0.3) is 5.91 Å². The van der Waals surface area contributed by atoms with E-state index in [1.165, 1.54) is 0 Å². The van der Waals surface area contributed by atoms with E-state index in [4.69, 9.17) is 14.2 Å². The summed E-state index contributed by atoms with van der Waals surface area (Å²) < 4.78 is 17.8. The number of carbonyl (C=O) groups excluding carboxylic acids is 1.